The van der Waals surface area contributed by atoms with Crippen molar-refractivity contribution >= 4 is 0 Å². The van der Waals surface area contributed by atoms with Crippen molar-refractivity contribution in [2.24, 2.45) is 0 Å². The Labute approximate surface area is 164 Å². The first-order valence-corrected chi connectivity index (χ1v) is 10.5. The molecule has 0 radical (unpaired) electrons. The molecule has 1 saturated carbocycles. The van der Waals surface area contributed by atoms with Crippen LogP contribution in [0.3, 0.4) is 0 Å². The lowest BCUT2D eigenvalue weighted by Crippen LogP contribution is -2.26. The van der Waals surface area contributed by atoms with Crippen LogP contribution in [0, 0.1) is 0 Å². The summed E-state index contributed by atoms with van der Waals surface area (Å²) in [6, 6.07) is 19.0. The first-order valence-electron chi connectivity index (χ1n) is 10.5. The van der Waals surface area contributed by atoms with Gasteiger partial charge in [-0.15, -0.1) is 0 Å². The van der Waals surface area contributed by atoms with Crippen LogP contribution in [0.1, 0.15) is 56.9 Å². The Morgan fingerprint density at radius 2 is 1.41 bits per heavy atom. The molecule has 27 heavy (non-hydrogen) atoms. The first kappa shape index (κ1) is 19.8. The van der Waals surface area contributed by atoms with Gasteiger partial charge >= 0.3 is 0 Å². The molecule has 1 aliphatic rings. The molecule has 0 unspecified atom stereocenters. The third-order valence-electron chi connectivity index (χ3n) is 5.20. The van der Waals surface area contributed by atoms with Crippen LogP contribution in [0.25, 0.3) is 0 Å². The van der Waals surface area contributed by atoms with Crippen LogP contribution in [-0.2, 0) is 6.61 Å². The molecule has 0 aromatic heterocycles. The van der Waals surface area contributed by atoms with E-state index in [1.165, 1.54) is 57.1 Å². The van der Waals surface area contributed by atoms with Crippen LogP contribution >= 0.6 is 0 Å². The summed E-state index contributed by atoms with van der Waals surface area (Å²) in [4.78, 5) is 0. The Morgan fingerprint density at radius 3 is 2.15 bits per heavy atom. The lowest BCUT2D eigenvalue weighted by molar-refractivity contribution is 0.296. The molecule has 1 N–H and O–H groups in total. The molecule has 0 heterocycles. The van der Waals surface area contributed by atoms with Gasteiger partial charge in [-0.2, -0.15) is 0 Å². The molecule has 1 aliphatic carbocycles. The van der Waals surface area contributed by atoms with E-state index in [4.69, 9.17) is 9.47 Å². The third-order valence-corrected chi connectivity index (χ3v) is 5.20. The minimum absolute atomic E-state index is 0.594. The van der Waals surface area contributed by atoms with Gasteiger partial charge in [0, 0.05) is 6.04 Å². The molecule has 0 amide bonds. The molecule has 0 atom stereocenters. The average molecular weight is 368 g/mol. The van der Waals surface area contributed by atoms with Crippen LogP contribution in [0.4, 0.5) is 0 Å². The summed E-state index contributed by atoms with van der Waals surface area (Å²) in [7, 11) is 0. The number of hydrogen-bond donors (Lipinski definition) is 1. The fourth-order valence-electron chi connectivity index (χ4n) is 3.58. The van der Waals surface area contributed by atoms with Gasteiger partial charge in [-0.25, -0.2) is 0 Å². The summed E-state index contributed by atoms with van der Waals surface area (Å²) in [5, 5.41) is 3.68. The highest BCUT2D eigenvalue weighted by atomic mass is 16.5. The summed E-state index contributed by atoms with van der Waals surface area (Å²) < 4.78 is 11.6. The number of benzene rings is 2. The average Bonchev–Trinajstić information content (AvgIpc) is 3.24. The van der Waals surface area contributed by atoms with Crippen LogP contribution in [0.2, 0.25) is 0 Å². The molecular weight excluding hydrogens is 334 g/mol. The molecule has 2 aromatic carbocycles. The van der Waals surface area contributed by atoms with E-state index in [2.05, 4.69) is 17.4 Å². The van der Waals surface area contributed by atoms with E-state index in [9.17, 15) is 0 Å². The van der Waals surface area contributed by atoms with E-state index in [1.54, 1.807) is 0 Å². The van der Waals surface area contributed by atoms with Gasteiger partial charge in [0.05, 0.1) is 6.61 Å². The topological polar surface area (TPSA) is 30.5 Å². The lowest BCUT2D eigenvalue weighted by atomic mass is 10.2. The summed E-state index contributed by atoms with van der Waals surface area (Å²) in [6.07, 6.45) is 10.5. The summed E-state index contributed by atoms with van der Waals surface area (Å²) in [6.45, 7) is 2.56. The van der Waals surface area contributed by atoms with E-state index >= 15 is 0 Å². The van der Waals surface area contributed by atoms with Crippen LogP contribution in [0.5, 0.6) is 11.5 Å². The Kier molecular flexibility index (Phi) is 8.53. The highest BCUT2D eigenvalue weighted by Crippen LogP contribution is 2.19. The zero-order valence-corrected chi connectivity index (χ0v) is 16.4. The fourth-order valence-corrected chi connectivity index (χ4v) is 3.58. The van der Waals surface area contributed by atoms with E-state index in [0.717, 1.165) is 30.6 Å². The second-order valence-corrected chi connectivity index (χ2v) is 7.44. The predicted molar refractivity (Wildman–Crippen MR) is 111 cm³/mol. The van der Waals surface area contributed by atoms with Gasteiger partial charge < -0.3 is 14.8 Å². The number of rotatable bonds is 12. The molecule has 3 nitrogen and oxygen atoms in total. The zero-order chi connectivity index (χ0) is 18.6. The van der Waals surface area contributed by atoms with Crippen molar-refractivity contribution in [1.82, 2.24) is 5.32 Å². The van der Waals surface area contributed by atoms with Crippen molar-refractivity contribution in [3.63, 3.8) is 0 Å². The molecule has 2 aromatic rings. The molecule has 0 spiro atoms. The maximum Gasteiger partial charge on any atom is 0.120 e. The SMILES string of the molecule is c1ccc(COc2ccc(OCCCCCCNC3CCCC3)cc2)cc1. The highest BCUT2D eigenvalue weighted by molar-refractivity contribution is 5.31. The molecule has 1 fully saturated rings. The van der Waals surface area contributed by atoms with E-state index in [0.29, 0.717) is 6.61 Å². The minimum atomic E-state index is 0.594. The molecule has 146 valence electrons. The van der Waals surface area contributed by atoms with E-state index in [-0.39, 0.29) is 0 Å². The molecule has 3 heteroatoms. The van der Waals surface area contributed by atoms with Gasteiger partial charge in [-0.05, 0) is 62.1 Å². The Hall–Kier alpha value is -2.00. The quantitative estimate of drug-likeness (QED) is 0.485. The number of hydrogen-bond acceptors (Lipinski definition) is 3. The molecule has 0 aliphatic heterocycles. The van der Waals surface area contributed by atoms with Crippen molar-refractivity contribution in [2.75, 3.05) is 13.2 Å². The second-order valence-electron chi connectivity index (χ2n) is 7.44. The van der Waals surface area contributed by atoms with Gasteiger partial charge in [0.1, 0.15) is 18.1 Å². The van der Waals surface area contributed by atoms with Gasteiger partial charge in [0.15, 0.2) is 0 Å². The van der Waals surface area contributed by atoms with Gasteiger partial charge in [-0.3, -0.25) is 0 Å². The minimum Gasteiger partial charge on any atom is -0.494 e. The van der Waals surface area contributed by atoms with Crippen molar-refractivity contribution in [2.45, 2.75) is 64.0 Å². The van der Waals surface area contributed by atoms with Crippen molar-refractivity contribution in [3.8, 4) is 11.5 Å². The number of nitrogens with one attached hydrogen (secondary N) is 1. The smallest absolute Gasteiger partial charge is 0.120 e. The molecular formula is C24H33NO2. The maximum atomic E-state index is 5.84. The lowest BCUT2D eigenvalue weighted by Gasteiger charge is -2.11. The number of unbranched alkanes of at least 4 members (excludes halogenated alkanes) is 3. The third kappa shape index (κ3) is 7.64. The van der Waals surface area contributed by atoms with Crippen molar-refractivity contribution in [3.05, 3.63) is 60.2 Å². The fraction of sp³-hybridized carbons (Fsp3) is 0.500. The van der Waals surface area contributed by atoms with Crippen LogP contribution < -0.4 is 14.8 Å². The molecule has 3 rings (SSSR count). The summed E-state index contributed by atoms with van der Waals surface area (Å²) in [5.74, 6) is 1.80. The van der Waals surface area contributed by atoms with Gasteiger partial charge in [-0.1, -0.05) is 56.0 Å². The van der Waals surface area contributed by atoms with Crippen molar-refractivity contribution in [1.29, 1.82) is 0 Å². The first-order chi connectivity index (χ1) is 13.4. The van der Waals surface area contributed by atoms with Gasteiger partial charge in [0.2, 0.25) is 0 Å². The summed E-state index contributed by atoms with van der Waals surface area (Å²) >= 11 is 0. The Balaban J connectivity index is 1.21. The summed E-state index contributed by atoms with van der Waals surface area (Å²) in [5.41, 5.74) is 1.18. The second kappa shape index (κ2) is 11.7. The molecule has 0 saturated heterocycles. The predicted octanol–water partition coefficient (Wildman–Crippen LogP) is 5.74. The monoisotopic (exact) mass is 367 g/mol. The van der Waals surface area contributed by atoms with Crippen LogP contribution in [0.15, 0.2) is 54.6 Å². The highest BCUT2D eigenvalue weighted by Gasteiger charge is 2.12. The Bertz CT molecular complexity index is 621. The van der Waals surface area contributed by atoms with Crippen molar-refractivity contribution < 1.29 is 9.47 Å². The normalized spacial score (nSPS) is 14.4. The maximum absolute atomic E-state index is 5.84. The molecule has 0 bridgehead atoms. The largest absolute Gasteiger partial charge is 0.494 e. The Morgan fingerprint density at radius 1 is 0.741 bits per heavy atom. The van der Waals surface area contributed by atoms with Crippen LogP contribution in [-0.4, -0.2) is 19.2 Å². The standard InChI is InChI=1S/C24H33NO2/c1(8-18-25-22-12-6-7-13-22)2-9-19-26-23-14-16-24(17-15-23)27-20-21-10-4-3-5-11-21/h3-5,10-11,14-17,22,25H,1-2,6-9,12-13,18-20H2. The number of ether oxygens (including phenoxy) is 2. The van der Waals surface area contributed by atoms with E-state index < -0.39 is 0 Å². The van der Waals surface area contributed by atoms with Gasteiger partial charge in [0.25, 0.3) is 0 Å². The zero-order valence-electron chi connectivity index (χ0n) is 16.4. The van der Waals surface area contributed by atoms with E-state index in [1.807, 2.05) is 42.5 Å².